The summed E-state index contributed by atoms with van der Waals surface area (Å²) < 4.78 is 5.31. The Hall–Kier alpha value is 0.400. The molecule has 0 spiro atoms. The van der Waals surface area contributed by atoms with Crippen molar-refractivity contribution in [1.82, 2.24) is 0 Å². The van der Waals surface area contributed by atoms with Crippen LogP contribution in [-0.4, -0.2) is 29.3 Å². The highest BCUT2D eigenvalue weighted by atomic mass is 79.9. The Kier molecular flexibility index (Phi) is 3.14. The molecule has 0 saturated carbocycles. The summed E-state index contributed by atoms with van der Waals surface area (Å²) in [6, 6.07) is 0. The van der Waals surface area contributed by atoms with Crippen molar-refractivity contribution < 1.29 is 9.84 Å². The maximum absolute atomic E-state index is 9.40. The molecule has 1 fully saturated rings. The Morgan fingerprint density at radius 1 is 1.80 bits per heavy atom. The molecular formula is C7H13BrO2. The number of hydrogen-bond acceptors (Lipinski definition) is 2. The van der Waals surface area contributed by atoms with Gasteiger partial charge in [-0.2, -0.15) is 0 Å². The van der Waals surface area contributed by atoms with E-state index in [0.29, 0.717) is 11.2 Å². The van der Waals surface area contributed by atoms with Crippen molar-refractivity contribution >= 4 is 15.9 Å². The van der Waals surface area contributed by atoms with Crippen molar-refractivity contribution in [3.63, 3.8) is 0 Å². The largest absolute Gasteiger partial charge is 0.392 e. The van der Waals surface area contributed by atoms with E-state index in [2.05, 4.69) is 15.9 Å². The SMILES string of the molecule is CC1OCCC1C(O)CBr. The smallest absolute Gasteiger partial charge is 0.0690 e. The van der Waals surface area contributed by atoms with Crippen LogP contribution in [0.5, 0.6) is 0 Å². The second kappa shape index (κ2) is 3.69. The molecule has 10 heavy (non-hydrogen) atoms. The van der Waals surface area contributed by atoms with Crippen LogP contribution in [0.15, 0.2) is 0 Å². The summed E-state index contributed by atoms with van der Waals surface area (Å²) in [5.41, 5.74) is 0. The first-order valence-electron chi connectivity index (χ1n) is 3.61. The van der Waals surface area contributed by atoms with E-state index >= 15 is 0 Å². The molecule has 1 aliphatic rings. The van der Waals surface area contributed by atoms with Crippen LogP contribution in [0.25, 0.3) is 0 Å². The average Bonchev–Trinajstić information content (AvgIpc) is 2.34. The monoisotopic (exact) mass is 208 g/mol. The van der Waals surface area contributed by atoms with Crippen LogP contribution in [0.3, 0.4) is 0 Å². The van der Waals surface area contributed by atoms with E-state index in [1.807, 2.05) is 6.92 Å². The Balaban J connectivity index is 2.38. The maximum Gasteiger partial charge on any atom is 0.0690 e. The number of hydrogen-bond donors (Lipinski definition) is 1. The van der Waals surface area contributed by atoms with Crippen LogP contribution in [0.2, 0.25) is 0 Å². The highest BCUT2D eigenvalue weighted by Gasteiger charge is 2.29. The predicted molar refractivity (Wildman–Crippen MR) is 43.3 cm³/mol. The van der Waals surface area contributed by atoms with Crippen LogP contribution in [0.1, 0.15) is 13.3 Å². The van der Waals surface area contributed by atoms with Crippen molar-refractivity contribution in [2.45, 2.75) is 25.6 Å². The molecule has 0 aromatic rings. The molecule has 60 valence electrons. The van der Waals surface area contributed by atoms with E-state index in [4.69, 9.17) is 4.74 Å². The van der Waals surface area contributed by atoms with Gasteiger partial charge in [0.05, 0.1) is 12.2 Å². The molecule has 1 heterocycles. The van der Waals surface area contributed by atoms with Crippen LogP contribution in [-0.2, 0) is 4.74 Å². The van der Waals surface area contributed by atoms with Gasteiger partial charge in [-0.3, -0.25) is 0 Å². The summed E-state index contributed by atoms with van der Waals surface area (Å²) in [5, 5.41) is 10.1. The summed E-state index contributed by atoms with van der Waals surface area (Å²) in [5.74, 6) is 0.333. The fourth-order valence-electron chi connectivity index (χ4n) is 1.37. The third kappa shape index (κ3) is 1.71. The second-order valence-electron chi connectivity index (χ2n) is 2.75. The second-order valence-corrected chi connectivity index (χ2v) is 3.40. The van der Waals surface area contributed by atoms with E-state index < -0.39 is 0 Å². The fraction of sp³-hybridized carbons (Fsp3) is 1.00. The zero-order valence-electron chi connectivity index (χ0n) is 6.09. The first-order valence-corrected chi connectivity index (χ1v) is 4.73. The van der Waals surface area contributed by atoms with E-state index in [1.165, 1.54) is 0 Å². The molecule has 3 atom stereocenters. The fourth-order valence-corrected chi connectivity index (χ4v) is 1.85. The van der Waals surface area contributed by atoms with Gasteiger partial charge in [-0.1, -0.05) is 15.9 Å². The zero-order valence-corrected chi connectivity index (χ0v) is 7.67. The van der Waals surface area contributed by atoms with Crippen molar-refractivity contribution in [3.8, 4) is 0 Å². The Bertz CT molecular complexity index is 108. The lowest BCUT2D eigenvalue weighted by molar-refractivity contribution is 0.0551. The third-order valence-corrected chi connectivity index (χ3v) is 2.75. The van der Waals surface area contributed by atoms with Crippen molar-refractivity contribution in [3.05, 3.63) is 0 Å². The van der Waals surface area contributed by atoms with Gasteiger partial charge in [0.15, 0.2) is 0 Å². The molecule has 2 nitrogen and oxygen atoms in total. The number of alkyl halides is 1. The molecule has 0 aliphatic carbocycles. The minimum atomic E-state index is -0.238. The van der Waals surface area contributed by atoms with Gasteiger partial charge >= 0.3 is 0 Å². The number of rotatable bonds is 2. The summed E-state index contributed by atoms with van der Waals surface area (Å²) >= 11 is 3.25. The lowest BCUT2D eigenvalue weighted by atomic mass is 9.97. The van der Waals surface area contributed by atoms with Crippen molar-refractivity contribution in [1.29, 1.82) is 0 Å². The van der Waals surface area contributed by atoms with Crippen molar-refractivity contribution in [2.75, 3.05) is 11.9 Å². The lowest BCUT2D eigenvalue weighted by Gasteiger charge is -2.18. The normalized spacial score (nSPS) is 36.3. The molecule has 0 amide bonds. The van der Waals surface area contributed by atoms with E-state index in [1.54, 1.807) is 0 Å². The molecule has 1 saturated heterocycles. The summed E-state index contributed by atoms with van der Waals surface area (Å²) in [4.78, 5) is 0. The van der Waals surface area contributed by atoms with Gasteiger partial charge in [-0.15, -0.1) is 0 Å². The van der Waals surface area contributed by atoms with Crippen LogP contribution >= 0.6 is 15.9 Å². The molecule has 3 heteroatoms. The van der Waals surface area contributed by atoms with Crippen LogP contribution in [0, 0.1) is 5.92 Å². The van der Waals surface area contributed by atoms with Gasteiger partial charge in [-0.05, 0) is 13.3 Å². The molecule has 1 rings (SSSR count). The topological polar surface area (TPSA) is 29.5 Å². The maximum atomic E-state index is 9.40. The molecule has 0 aromatic carbocycles. The zero-order chi connectivity index (χ0) is 7.56. The van der Waals surface area contributed by atoms with Gasteiger partial charge in [0, 0.05) is 17.9 Å². The number of ether oxygens (including phenoxy) is 1. The summed E-state index contributed by atoms with van der Waals surface area (Å²) in [6.45, 7) is 2.82. The molecular weight excluding hydrogens is 196 g/mol. The van der Waals surface area contributed by atoms with Crippen LogP contribution < -0.4 is 0 Å². The first-order chi connectivity index (χ1) is 4.75. The number of aliphatic hydroxyl groups is 1. The van der Waals surface area contributed by atoms with E-state index in [9.17, 15) is 5.11 Å². The average molecular weight is 209 g/mol. The number of halogens is 1. The highest BCUT2D eigenvalue weighted by Crippen LogP contribution is 2.24. The van der Waals surface area contributed by atoms with E-state index in [0.717, 1.165) is 13.0 Å². The molecule has 0 radical (unpaired) electrons. The predicted octanol–water partition coefficient (Wildman–Crippen LogP) is 1.17. The molecule has 0 aromatic heterocycles. The summed E-state index contributed by atoms with van der Waals surface area (Å²) in [7, 11) is 0. The van der Waals surface area contributed by atoms with Crippen molar-refractivity contribution in [2.24, 2.45) is 5.92 Å². The minimum absolute atomic E-state index is 0.229. The van der Waals surface area contributed by atoms with Gasteiger partial charge in [0.2, 0.25) is 0 Å². The molecule has 3 unspecified atom stereocenters. The van der Waals surface area contributed by atoms with Gasteiger partial charge in [-0.25, -0.2) is 0 Å². The Labute approximate surface area is 69.7 Å². The lowest BCUT2D eigenvalue weighted by Crippen LogP contribution is -2.27. The number of aliphatic hydroxyl groups excluding tert-OH is 1. The van der Waals surface area contributed by atoms with E-state index in [-0.39, 0.29) is 12.2 Å². The Morgan fingerprint density at radius 3 is 2.90 bits per heavy atom. The molecule has 1 N–H and O–H groups in total. The standard InChI is InChI=1S/C7H13BrO2/c1-5-6(2-3-10-5)7(9)4-8/h5-7,9H,2-4H2,1H3. The van der Waals surface area contributed by atoms with Crippen LogP contribution in [0.4, 0.5) is 0 Å². The van der Waals surface area contributed by atoms with Gasteiger partial charge < -0.3 is 9.84 Å². The summed E-state index contributed by atoms with van der Waals surface area (Å²) in [6.07, 6.45) is 0.985. The minimum Gasteiger partial charge on any atom is -0.392 e. The van der Waals surface area contributed by atoms with Gasteiger partial charge in [0.1, 0.15) is 0 Å². The highest BCUT2D eigenvalue weighted by molar-refractivity contribution is 9.09. The van der Waals surface area contributed by atoms with Gasteiger partial charge in [0.25, 0.3) is 0 Å². The molecule has 0 bridgehead atoms. The third-order valence-electron chi connectivity index (χ3n) is 2.09. The quantitative estimate of drug-likeness (QED) is 0.691. The first kappa shape index (κ1) is 8.50. The Morgan fingerprint density at radius 2 is 2.50 bits per heavy atom. The molecule has 1 aliphatic heterocycles.